The SMILES string of the molecule is COc1cc2c(cc1F)C[CH][C@H](C)C2. The first-order valence-corrected chi connectivity index (χ1v) is 4.89. The molecule has 0 spiro atoms. The molecule has 0 saturated heterocycles. The van der Waals surface area contributed by atoms with Gasteiger partial charge in [-0.3, -0.25) is 0 Å². The maximum absolute atomic E-state index is 13.3. The number of benzene rings is 1. The highest BCUT2D eigenvalue weighted by molar-refractivity contribution is 5.39. The van der Waals surface area contributed by atoms with Crippen molar-refractivity contribution >= 4 is 0 Å². The second kappa shape index (κ2) is 3.60. The first-order chi connectivity index (χ1) is 6.70. The van der Waals surface area contributed by atoms with Crippen molar-refractivity contribution in [3.63, 3.8) is 0 Å². The zero-order chi connectivity index (χ0) is 10.1. The quantitative estimate of drug-likeness (QED) is 0.666. The molecule has 1 aliphatic carbocycles. The molecule has 0 bridgehead atoms. The van der Waals surface area contributed by atoms with Gasteiger partial charge in [0, 0.05) is 0 Å². The molecule has 0 amide bonds. The fraction of sp³-hybridized carbons (Fsp3) is 0.417. The van der Waals surface area contributed by atoms with Crippen LogP contribution in [0.15, 0.2) is 12.1 Å². The highest BCUT2D eigenvalue weighted by Crippen LogP contribution is 2.29. The molecule has 14 heavy (non-hydrogen) atoms. The second-order valence-corrected chi connectivity index (χ2v) is 3.88. The van der Waals surface area contributed by atoms with Crippen LogP contribution in [0.2, 0.25) is 0 Å². The number of fused-ring (bicyclic) bond motifs is 1. The molecule has 0 fully saturated rings. The summed E-state index contributed by atoms with van der Waals surface area (Å²) >= 11 is 0. The summed E-state index contributed by atoms with van der Waals surface area (Å²) in [6.45, 7) is 2.18. The molecule has 2 rings (SSSR count). The summed E-state index contributed by atoms with van der Waals surface area (Å²) in [5, 5.41) is 0. The Bertz CT molecular complexity index is 346. The first kappa shape index (κ1) is 9.50. The summed E-state index contributed by atoms with van der Waals surface area (Å²) in [7, 11) is 1.50. The van der Waals surface area contributed by atoms with Crippen molar-refractivity contribution in [3.05, 3.63) is 35.5 Å². The third-order valence-electron chi connectivity index (χ3n) is 2.76. The number of rotatable bonds is 1. The number of halogens is 1. The Hall–Kier alpha value is -1.05. The van der Waals surface area contributed by atoms with Crippen molar-refractivity contribution in [1.29, 1.82) is 0 Å². The van der Waals surface area contributed by atoms with Gasteiger partial charge in [-0.1, -0.05) is 6.92 Å². The fourth-order valence-electron chi connectivity index (χ4n) is 1.93. The first-order valence-electron chi connectivity index (χ1n) is 4.89. The van der Waals surface area contributed by atoms with E-state index in [0.29, 0.717) is 11.7 Å². The van der Waals surface area contributed by atoms with Crippen LogP contribution < -0.4 is 4.74 Å². The molecule has 0 N–H and O–H groups in total. The summed E-state index contributed by atoms with van der Waals surface area (Å²) < 4.78 is 18.3. The molecule has 0 aliphatic heterocycles. The van der Waals surface area contributed by atoms with Crippen LogP contribution in [0.25, 0.3) is 0 Å². The fourth-order valence-corrected chi connectivity index (χ4v) is 1.93. The van der Waals surface area contributed by atoms with Crippen molar-refractivity contribution in [2.75, 3.05) is 7.11 Å². The maximum atomic E-state index is 13.3. The minimum atomic E-state index is -0.255. The third-order valence-corrected chi connectivity index (χ3v) is 2.76. The molecule has 2 heteroatoms. The Morgan fingerprint density at radius 2 is 2.14 bits per heavy atom. The van der Waals surface area contributed by atoms with Gasteiger partial charge in [0.05, 0.1) is 7.11 Å². The van der Waals surface area contributed by atoms with Gasteiger partial charge in [-0.15, -0.1) is 0 Å². The van der Waals surface area contributed by atoms with E-state index in [1.807, 2.05) is 6.07 Å². The molecule has 75 valence electrons. The Balaban J connectivity index is 2.41. The van der Waals surface area contributed by atoms with Gasteiger partial charge in [-0.2, -0.15) is 0 Å². The third kappa shape index (κ3) is 1.61. The number of hydrogen-bond acceptors (Lipinski definition) is 1. The monoisotopic (exact) mass is 193 g/mol. The summed E-state index contributed by atoms with van der Waals surface area (Å²) in [4.78, 5) is 0. The predicted octanol–water partition coefficient (Wildman–Crippen LogP) is 2.77. The molecule has 1 aromatic rings. The minimum absolute atomic E-state index is 0.255. The van der Waals surface area contributed by atoms with E-state index < -0.39 is 0 Å². The molecule has 1 aliphatic rings. The number of hydrogen-bond donors (Lipinski definition) is 0. The van der Waals surface area contributed by atoms with Gasteiger partial charge in [0.25, 0.3) is 0 Å². The van der Waals surface area contributed by atoms with Crippen LogP contribution in [-0.2, 0) is 12.8 Å². The van der Waals surface area contributed by atoms with Crippen molar-refractivity contribution in [3.8, 4) is 5.75 Å². The molecule has 1 radical (unpaired) electrons. The van der Waals surface area contributed by atoms with Crippen LogP contribution in [0.3, 0.4) is 0 Å². The van der Waals surface area contributed by atoms with Gasteiger partial charge in [0.2, 0.25) is 0 Å². The lowest BCUT2D eigenvalue weighted by Gasteiger charge is -2.21. The van der Waals surface area contributed by atoms with E-state index in [2.05, 4.69) is 13.3 Å². The Morgan fingerprint density at radius 1 is 1.36 bits per heavy atom. The lowest BCUT2D eigenvalue weighted by Crippen LogP contribution is -2.12. The largest absolute Gasteiger partial charge is 0.494 e. The standard InChI is InChI=1S/C12H14FO/c1-8-3-4-9-6-11(13)12(14-2)7-10(9)5-8/h3,6-8H,4-5H2,1-2H3/t8-/m0/s1. The van der Waals surface area contributed by atoms with Gasteiger partial charge in [-0.05, 0) is 48.4 Å². The molecule has 0 unspecified atom stereocenters. The summed E-state index contributed by atoms with van der Waals surface area (Å²) in [5.41, 5.74) is 2.32. The topological polar surface area (TPSA) is 9.23 Å². The lowest BCUT2D eigenvalue weighted by molar-refractivity contribution is 0.384. The summed E-state index contributed by atoms with van der Waals surface area (Å²) in [5.74, 6) is 0.685. The summed E-state index contributed by atoms with van der Waals surface area (Å²) in [6, 6.07) is 3.42. The van der Waals surface area contributed by atoms with Crippen molar-refractivity contribution in [1.82, 2.24) is 0 Å². The lowest BCUT2D eigenvalue weighted by atomic mass is 9.85. The van der Waals surface area contributed by atoms with Gasteiger partial charge in [0.15, 0.2) is 11.6 Å². The molecular formula is C12H14FO. The van der Waals surface area contributed by atoms with Crippen LogP contribution in [0.1, 0.15) is 18.1 Å². The Morgan fingerprint density at radius 3 is 2.86 bits per heavy atom. The molecule has 0 heterocycles. The van der Waals surface area contributed by atoms with Gasteiger partial charge in [-0.25, -0.2) is 4.39 Å². The van der Waals surface area contributed by atoms with E-state index >= 15 is 0 Å². The molecule has 1 atom stereocenters. The van der Waals surface area contributed by atoms with E-state index in [4.69, 9.17) is 4.74 Å². The van der Waals surface area contributed by atoms with Crippen molar-refractivity contribution in [2.45, 2.75) is 19.8 Å². The Labute approximate surface area is 83.9 Å². The van der Waals surface area contributed by atoms with Crippen molar-refractivity contribution < 1.29 is 9.13 Å². The highest BCUT2D eigenvalue weighted by atomic mass is 19.1. The van der Waals surface area contributed by atoms with E-state index in [-0.39, 0.29) is 5.82 Å². The Kier molecular flexibility index (Phi) is 2.44. The minimum Gasteiger partial charge on any atom is -0.494 e. The molecule has 1 aromatic carbocycles. The van der Waals surface area contributed by atoms with Crippen molar-refractivity contribution in [2.24, 2.45) is 5.92 Å². The molecule has 1 nitrogen and oxygen atoms in total. The van der Waals surface area contributed by atoms with Crippen LogP contribution in [0.4, 0.5) is 4.39 Å². The van der Waals surface area contributed by atoms with Gasteiger partial charge in [0.1, 0.15) is 0 Å². The van der Waals surface area contributed by atoms with Gasteiger partial charge >= 0.3 is 0 Å². The normalized spacial score (nSPS) is 20.4. The van der Waals surface area contributed by atoms with E-state index in [0.717, 1.165) is 18.4 Å². The molecule has 0 saturated carbocycles. The van der Waals surface area contributed by atoms with Gasteiger partial charge < -0.3 is 4.74 Å². The van der Waals surface area contributed by atoms with E-state index in [1.54, 1.807) is 6.07 Å². The zero-order valence-electron chi connectivity index (χ0n) is 8.51. The number of methoxy groups -OCH3 is 1. The smallest absolute Gasteiger partial charge is 0.165 e. The highest BCUT2D eigenvalue weighted by Gasteiger charge is 2.17. The van der Waals surface area contributed by atoms with E-state index in [9.17, 15) is 4.39 Å². The van der Waals surface area contributed by atoms with E-state index in [1.165, 1.54) is 12.7 Å². The molecule has 0 aromatic heterocycles. The summed E-state index contributed by atoms with van der Waals surface area (Å²) in [6.07, 6.45) is 4.09. The second-order valence-electron chi connectivity index (χ2n) is 3.88. The van der Waals surface area contributed by atoms with Crippen LogP contribution in [-0.4, -0.2) is 7.11 Å². The maximum Gasteiger partial charge on any atom is 0.165 e. The zero-order valence-corrected chi connectivity index (χ0v) is 8.51. The average Bonchev–Trinajstić information content (AvgIpc) is 2.17. The van der Waals surface area contributed by atoms with Crippen LogP contribution in [0.5, 0.6) is 5.75 Å². The predicted molar refractivity (Wildman–Crippen MR) is 53.8 cm³/mol. The average molecular weight is 193 g/mol. The number of ether oxygens (including phenoxy) is 1. The van der Waals surface area contributed by atoms with Crippen LogP contribution in [0, 0.1) is 18.2 Å². The molecular weight excluding hydrogens is 179 g/mol. The van der Waals surface area contributed by atoms with Crippen LogP contribution >= 0.6 is 0 Å².